The molecule has 1 aromatic rings. The summed E-state index contributed by atoms with van der Waals surface area (Å²) in [5.41, 5.74) is 6.51. The molecule has 0 saturated heterocycles. The maximum absolute atomic E-state index is 5.65. The van der Waals surface area contributed by atoms with Crippen molar-refractivity contribution in [3.05, 3.63) is 24.3 Å². The first kappa shape index (κ1) is 9.46. The van der Waals surface area contributed by atoms with Crippen molar-refractivity contribution in [3.63, 3.8) is 0 Å². The largest absolute Gasteiger partial charge is 0.399 e. The highest BCUT2D eigenvalue weighted by molar-refractivity contribution is 7.99. The Hall–Kier alpha value is -0.630. The van der Waals surface area contributed by atoms with Crippen LogP contribution in [0.15, 0.2) is 29.2 Å². The van der Waals surface area contributed by atoms with E-state index in [9.17, 15) is 0 Å². The molecular weight excluding hydrogens is 166 g/mol. The van der Waals surface area contributed by atoms with E-state index >= 15 is 0 Å². The number of thioether (sulfide) groups is 1. The summed E-state index contributed by atoms with van der Waals surface area (Å²) in [5, 5.41) is 0. The van der Waals surface area contributed by atoms with Crippen LogP contribution in [0.5, 0.6) is 0 Å². The van der Waals surface area contributed by atoms with Crippen molar-refractivity contribution in [1.29, 1.82) is 0 Å². The summed E-state index contributed by atoms with van der Waals surface area (Å²) < 4.78 is 0. The van der Waals surface area contributed by atoms with Gasteiger partial charge in [-0.05, 0) is 30.4 Å². The Labute approximate surface area is 78.4 Å². The Bertz CT molecular complexity index is 235. The van der Waals surface area contributed by atoms with Gasteiger partial charge in [0.1, 0.15) is 0 Å². The second-order valence-electron chi connectivity index (χ2n) is 2.77. The molecule has 1 aromatic carbocycles. The first-order chi connectivity index (χ1) is 5.83. The second kappa shape index (κ2) is 5.09. The van der Waals surface area contributed by atoms with Crippen LogP contribution in [-0.2, 0) is 0 Å². The van der Waals surface area contributed by atoms with Gasteiger partial charge >= 0.3 is 0 Å². The van der Waals surface area contributed by atoms with Crippen LogP contribution in [0.4, 0.5) is 5.69 Å². The van der Waals surface area contributed by atoms with Crippen LogP contribution in [0.1, 0.15) is 19.8 Å². The number of nitrogens with two attached hydrogens (primary N) is 1. The Morgan fingerprint density at radius 3 is 2.92 bits per heavy atom. The Morgan fingerprint density at radius 1 is 1.42 bits per heavy atom. The SMILES string of the molecule is CCCCSc1cccc(N)c1. The highest BCUT2D eigenvalue weighted by atomic mass is 32.2. The minimum absolute atomic E-state index is 0.858. The summed E-state index contributed by atoms with van der Waals surface area (Å²) in [5.74, 6) is 1.19. The maximum Gasteiger partial charge on any atom is 0.0325 e. The quantitative estimate of drug-likeness (QED) is 0.438. The topological polar surface area (TPSA) is 26.0 Å². The molecule has 0 aliphatic heterocycles. The van der Waals surface area contributed by atoms with E-state index in [-0.39, 0.29) is 0 Å². The Kier molecular flexibility index (Phi) is 4.01. The molecule has 0 amide bonds. The zero-order valence-electron chi connectivity index (χ0n) is 7.42. The van der Waals surface area contributed by atoms with E-state index in [4.69, 9.17) is 5.73 Å². The highest BCUT2D eigenvalue weighted by Crippen LogP contribution is 2.20. The molecule has 0 aliphatic rings. The molecule has 0 saturated carbocycles. The molecule has 2 N–H and O–H groups in total. The molecule has 12 heavy (non-hydrogen) atoms. The van der Waals surface area contributed by atoms with Gasteiger partial charge < -0.3 is 5.73 Å². The molecule has 0 aliphatic carbocycles. The van der Waals surface area contributed by atoms with E-state index in [1.54, 1.807) is 0 Å². The summed E-state index contributed by atoms with van der Waals surface area (Å²) in [6, 6.07) is 8.06. The first-order valence-corrected chi connectivity index (χ1v) is 5.30. The molecule has 0 fully saturated rings. The molecule has 0 spiro atoms. The van der Waals surface area contributed by atoms with Crippen molar-refractivity contribution in [2.24, 2.45) is 0 Å². The van der Waals surface area contributed by atoms with Gasteiger partial charge in [0.25, 0.3) is 0 Å². The standard InChI is InChI=1S/C10H15NS/c1-2-3-7-12-10-6-4-5-9(11)8-10/h4-6,8H,2-3,7,11H2,1H3. The molecule has 0 atom stereocenters. The number of hydrogen-bond acceptors (Lipinski definition) is 2. The van der Waals surface area contributed by atoms with E-state index in [1.165, 1.54) is 23.5 Å². The van der Waals surface area contributed by atoms with Gasteiger partial charge in [0.2, 0.25) is 0 Å². The highest BCUT2D eigenvalue weighted by Gasteiger charge is 1.92. The van der Waals surface area contributed by atoms with Crippen molar-refractivity contribution in [1.82, 2.24) is 0 Å². The molecule has 0 unspecified atom stereocenters. The van der Waals surface area contributed by atoms with Crippen molar-refractivity contribution in [2.45, 2.75) is 24.7 Å². The van der Waals surface area contributed by atoms with Crippen molar-refractivity contribution >= 4 is 17.4 Å². The number of anilines is 1. The third-order valence-corrected chi connectivity index (χ3v) is 2.70. The van der Waals surface area contributed by atoms with Crippen LogP contribution >= 0.6 is 11.8 Å². The number of hydrogen-bond donors (Lipinski definition) is 1. The third-order valence-electron chi connectivity index (χ3n) is 1.62. The van der Waals surface area contributed by atoms with Gasteiger partial charge in [-0.25, -0.2) is 0 Å². The molecule has 1 nitrogen and oxygen atoms in total. The zero-order valence-corrected chi connectivity index (χ0v) is 8.23. The lowest BCUT2D eigenvalue weighted by molar-refractivity contribution is 0.896. The Morgan fingerprint density at radius 2 is 2.25 bits per heavy atom. The average Bonchev–Trinajstić information content (AvgIpc) is 2.05. The summed E-state index contributed by atoms with van der Waals surface area (Å²) in [4.78, 5) is 1.28. The van der Waals surface area contributed by atoms with Crippen molar-refractivity contribution in [3.8, 4) is 0 Å². The van der Waals surface area contributed by atoms with E-state index in [2.05, 4.69) is 13.0 Å². The summed E-state index contributed by atoms with van der Waals surface area (Å²) in [6.07, 6.45) is 2.54. The van der Waals surface area contributed by atoms with Crippen molar-refractivity contribution in [2.75, 3.05) is 11.5 Å². The molecule has 66 valence electrons. The van der Waals surface area contributed by atoms with Gasteiger partial charge in [-0.1, -0.05) is 19.4 Å². The summed E-state index contributed by atoms with van der Waals surface area (Å²) in [7, 11) is 0. The van der Waals surface area contributed by atoms with E-state index in [1.807, 2.05) is 30.0 Å². The lowest BCUT2D eigenvalue weighted by Crippen LogP contribution is -1.84. The van der Waals surface area contributed by atoms with Crippen LogP contribution in [0.25, 0.3) is 0 Å². The molecule has 0 heterocycles. The predicted molar refractivity (Wildman–Crippen MR) is 56.5 cm³/mol. The lowest BCUT2D eigenvalue weighted by atomic mass is 10.3. The van der Waals surface area contributed by atoms with Gasteiger partial charge in [-0.15, -0.1) is 11.8 Å². The number of benzene rings is 1. The average molecular weight is 181 g/mol. The fraction of sp³-hybridized carbons (Fsp3) is 0.400. The molecule has 1 rings (SSSR count). The fourth-order valence-electron chi connectivity index (χ4n) is 0.939. The van der Waals surface area contributed by atoms with Gasteiger partial charge in [0, 0.05) is 10.6 Å². The number of nitrogen functional groups attached to an aromatic ring is 1. The van der Waals surface area contributed by atoms with Gasteiger partial charge in [-0.2, -0.15) is 0 Å². The molecular formula is C10H15NS. The maximum atomic E-state index is 5.65. The van der Waals surface area contributed by atoms with Gasteiger partial charge in [-0.3, -0.25) is 0 Å². The monoisotopic (exact) mass is 181 g/mol. The van der Waals surface area contributed by atoms with Crippen LogP contribution < -0.4 is 5.73 Å². The summed E-state index contributed by atoms with van der Waals surface area (Å²) in [6.45, 7) is 2.21. The van der Waals surface area contributed by atoms with E-state index in [0.29, 0.717) is 0 Å². The zero-order chi connectivity index (χ0) is 8.81. The van der Waals surface area contributed by atoms with Crippen LogP contribution in [0, 0.1) is 0 Å². The third kappa shape index (κ3) is 3.18. The lowest BCUT2D eigenvalue weighted by Gasteiger charge is -2.00. The van der Waals surface area contributed by atoms with Crippen LogP contribution in [-0.4, -0.2) is 5.75 Å². The minimum Gasteiger partial charge on any atom is -0.399 e. The number of unbranched alkanes of at least 4 members (excludes halogenated alkanes) is 1. The fourth-order valence-corrected chi connectivity index (χ4v) is 2.00. The number of rotatable bonds is 4. The predicted octanol–water partition coefficient (Wildman–Crippen LogP) is 3.16. The first-order valence-electron chi connectivity index (χ1n) is 4.31. The smallest absolute Gasteiger partial charge is 0.0325 e. The van der Waals surface area contributed by atoms with Gasteiger partial charge in [0.05, 0.1) is 0 Å². The van der Waals surface area contributed by atoms with E-state index < -0.39 is 0 Å². The van der Waals surface area contributed by atoms with E-state index in [0.717, 1.165) is 5.69 Å². The van der Waals surface area contributed by atoms with Crippen molar-refractivity contribution < 1.29 is 0 Å². The second-order valence-corrected chi connectivity index (χ2v) is 3.94. The van der Waals surface area contributed by atoms with Crippen LogP contribution in [0.2, 0.25) is 0 Å². The minimum atomic E-state index is 0.858. The van der Waals surface area contributed by atoms with Crippen LogP contribution in [0.3, 0.4) is 0 Å². The summed E-state index contributed by atoms with van der Waals surface area (Å²) >= 11 is 1.88. The molecule has 0 bridgehead atoms. The normalized spacial score (nSPS) is 10.1. The molecule has 0 aromatic heterocycles. The molecule has 2 heteroatoms. The Balaban J connectivity index is 2.41. The molecule has 0 radical (unpaired) electrons. The van der Waals surface area contributed by atoms with Gasteiger partial charge in [0.15, 0.2) is 0 Å².